The van der Waals surface area contributed by atoms with Crippen LogP contribution in [0.2, 0.25) is 0 Å². The third-order valence-electron chi connectivity index (χ3n) is 4.08. The number of carbonyl (C=O) groups excluding carboxylic acids is 1. The number of likely N-dealkylation sites (N-methyl/N-ethyl adjacent to an activating group) is 1. The second kappa shape index (κ2) is 9.06. The molecule has 0 spiro atoms. The first-order chi connectivity index (χ1) is 12.0. The SMILES string of the molecule is CCc1ccc(C(C)NC(=O)N(C)CCOc2ccc(F)cc2)cc1. The average Bonchev–Trinajstić information content (AvgIpc) is 2.63. The summed E-state index contributed by atoms with van der Waals surface area (Å²) in [5, 5.41) is 2.97. The number of amides is 2. The molecule has 5 heteroatoms. The lowest BCUT2D eigenvalue weighted by Crippen LogP contribution is -2.40. The van der Waals surface area contributed by atoms with Crippen LogP contribution in [0.1, 0.15) is 31.0 Å². The van der Waals surface area contributed by atoms with Crippen LogP contribution in [0, 0.1) is 5.82 Å². The van der Waals surface area contributed by atoms with Gasteiger partial charge in [0.2, 0.25) is 0 Å². The number of hydrogen-bond donors (Lipinski definition) is 1. The predicted molar refractivity (Wildman–Crippen MR) is 97.3 cm³/mol. The van der Waals surface area contributed by atoms with Crippen LogP contribution in [-0.4, -0.2) is 31.1 Å². The summed E-state index contributed by atoms with van der Waals surface area (Å²) in [6.07, 6.45) is 0.998. The monoisotopic (exact) mass is 344 g/mol. The lowest BCUT2D eigenvalue weighted by atomic mass is 10.1. The average molecular weight is 344 g/mol. The van der Waals surface area contributed by atoms with Crippen LogP contribution in [0.3, 0.4) is 0 Å². The van der Waals surface area contributed by atoms with Crippen LogP contribution in [-0.2, 0) is 6.42 Å². The van der Waals surface area contributed by atoms with E-state index < -0.39 is 0 Å². The number of halogens is 1. The Balaban J connectivity index is 1.77. The van der Waals surface area contributed by atoms with Gasteiger partial charge in [-0.2, -0.15) is 0 Å². The molecule has 1 N–H and O–H groups in total. The van der Waals surface area contributed by atoms with Gasteiger partial charge in [0.05, 0.1) is 12.6 Å². The number of carbonyl (C=O) groups is 1. The Morgan fingerprint density at radius 2 is 1.80 bits per heavy atom. The van der Waals surface area contributed by atoms with Crippen LogP contribution in [0.15, 0.2) is 48.5 Å². The Hall–Kier alpha value is -2.56. The van der Waals surface area contributed by atoms with Crippen LogP contribution in [0.4, 0.5) is 9.18 Å². The van der Waals surface area contributed by atoms with Crippen LogP contribution < -0.4 is 10.1 Å². The largest absolute Gasteiger partial charge is 0.492 e. The number of nitrogens with zero attached hydrogens (tertiary/aromatic N) is 1. The summed E-state index contributed by atoms with van der Waals surface area (Å²) in [6.45, 7) is 4.85. The molecule has 0 aliphatic carbocycles. The van der Waals surface area contributed by atoms with Gasteiger partial charge in [0.15, 0.2) is 0 Å². The fourth-order valence-electron chi connectivity index (χ4n) is 2.35. The quantitative estimate of drug-likeness (QED) is 0.819. The van der Waals surface area contributed by atoms with Crippen molar-refractivity contribution in [2.24, 2.45) is 0 Å². The smallest absolute Gasteiger partial charge is 0.317 e. The Morgan fingerprint density at radius 1 is 1.16 bits per heavy atom. The van der Waals surface area contributed by atoms with Crippen molar-refractivity contribution in [3.05, 3.63) is 65.5 Å². The van der Waals surface area contributed by atoms with Crippen molar-refractivity contribution in [1.82, 2.24) is 10.2 Å². The number of urea groups is 1. The molecule has 2 aromatic carbocycles. The van der Waals surface area contributed by atoms with Gasteiger partial charge in [-0.15, -0.1) is 0 Å². The highest BCUT2D eigenvalue weighted by Gasteiger charge is 2.13. The van der Waals surface area contributed by atoms with Gasteiger partial charge in [-0.1, -0.05) is 31.2 Å². The van der Waals surface area contributed by atoms with E-state index in [0.717, 1.165) is 12.0 Å². The molecule has 2 aromatic rings. The summed E-state index contributed by atoms with van der Waals surface area (Å²) in [6, 6.07) is 13.8. The molecule has 2 amide bonds. The molecule has 0 saturated carbocycles. The number of hydrogen-bond acceptors (Lipinski definition) is 2. The van der Waals surface area contributed by atoms with Gasteiger partial charge < -0.3 is 15.0 Å². The topological polar surface area (TPSA) is 41.6 Å². The Morgan fingerprint density at radius 3 is 2.40 bits per heavy atom. The van der Waals surface area contributed by atoms with Crippen molar-refractivity contribution < 1.29 is 13.9 Å². The molecule has 0 radical (unpaired) electrons. The zero-order chi connectivity index (χ0) is 18.2. The first kappa shape index (κ1) is 18.8. The maximum atomic E-state index is 12.8. The van der Waals surface area contributed by atoms with E-state index in [1.807, 2.05) is 19.1 Å². The molecule has 0 aliphatic heterocycles. The summed E-state index contributed by atoms with van der Waals surface area (Å²) in [5.41, 5.74) is 2.35. The van der Waals surface area contributed by atoms with Crippen molar-refractivity contribution in [2.75, 3.05) is 20.2 Å². The van der Waals surface area contributed by atoms with Crippen molar-refractivity contribution in [2.45, 2.75) is 26.3 Å². The minimum absolute atomic E-state index is 0.0705. The van der Waals surface area contributed by atoms with E-state index >= 15 is 0 Å². The van der Waals surface area contributed by atoms with Crippen molar-refractivity contribution >= 4 is 6.03 Å². The summed E-state index contributed by atoms with van der Waals surface area (Å²) in [7, 11) is 1.72. The lowest BCUT2D eigenvalue weighted by Gasteiger charge is -2.22. The molecule has 2 rings (SSSR count). The fraction of sp³-hybridized carbons (Fsp3) is 0.350. The normalized spacial score (nSPS) is 11.7. The summed E-state index contributed by atoms with van der Waals surface area (Å²) < 4.78 is 18.3. The Kier molecular flexibility index (Phi) is 6.81. The minimum atomic E-state index is -0.301. The first-order valence-electron chi connectivity index (χ1n) is 8.48. The summed E-state index contributed by atoms with van der Waals surface area (Å²) in [5.74, 6) is 0.282. The Labute approximate surface area is 148 Å². The lowest BCUT2D eigenvalue weighted by molar-refractivity contribution is 0.192. The predicted octanol–water partition coefficient (Wildman–Crippen LogP) is 4.17. The van der Waals surface area contributed by atoms with E-state index in [0.29, 0.717) is 18.9 Å². The molecule has 0 saturated heterocycles. The highest BCUT2D eigenvalue weighted by Crippen LogP contribution is 2.14. The molecule has 0 bridgehead atoms. The first-order valence-corrected chi connectivity index (χ1v) is 8.48. The van der Waals surface area contributed by atoms with Crippen molar-refractivity contribution in [3.63, 3.8) is 0 Å². The maximum Gasteiger partial charge on any atom is 0.317 e. The molecule has 4 nitrogen and oxygen atoms in total. The molecular formula is C20H25FN2O2. The molecule has 0 heterocycles. The number of ether oxygens (including phenoxy) is 1. The number of rotatable bonds is 7. The van der Waals surface area contributed by atoms with Crippen LogP contribution in [0.25, 0.3) is 0 Å². The number of aryl methyl sites for hydroxylation is 1. The maximum absolute atomic E-state index is 12.8. The van der Waals surface area contributed by atoms with E-state index in [-0.39, 0.29) is 17.9 Å². The highest BCUT2D eigenvalue weighted by atomic mass is 19.1. The van der Waals surface area contributed by atoms with E-state index in [2.05, 4.69) is 24.4 Å². The highest BCUT2D eigenvalue weighted by molar-refractivity contribution is 5.74. The zero-order valence-corrected chi connectivity index (χ0v) is 15.0. The fourth-order valence-corrected chi connectivity index (χ4v) is 2.35. The van der Waals surface area contributed by atoms with Gasteiger partial charge in [-0.05, 0) is 48.7 Å². The molecule has 25 heavy (non-hydrogen) atoms. The molecule has 1 unspecified atom stereocenters. The molecule has 0 aliphatic rings. The third-order valence-corrected chi connectivity index (χ3v) is 4.08. The van der Waals surface area contributed by atoms with Gasteiger partial charge in [0, 0.05) is 7.05 Å². The van der Waals surface area contributed by atoms with E-state index in [1.165, 1.54) is 17.7 Å². The van der Waals surface area contributed by atoms with Gasteiger partial charge >= 0.3 is 6.03 Å². The molecular weight excluding hydrogens is 319 g/mol. The summed E-state index contributed by atoms with van der Waals surface area (Å²) >= 11 is 0. The molecule has 0 aromatic heterocycles. The molecule has 134 valence electrons. The zero-order valence-electron chi connectivity index (χ0n) is 15.0. The minimum Gasteiger partial charge on any atom is -0.492 e. The van der Waals surface area contributed by atoms with Gasteiger partial charge in [0.1, 0.15) is 18.2 Å². The molecule has 0 fully saturated rings. The van der Waals surface area contributed by atoms with E-state index in [9.17, 15) is 9.18 Å². The second-order valence-electron chi connectivity index (χ2n) is 5.99. The standard InChI is InChI=1S/C20H25FN2O2/c1-4-16-5-7-17(8-6-16)15(2)22-20(24)23(3)13-14-25-19-11-9-18(21)10-12-19/h5-12,15H,4,13-14H2,1-3H3,(H,22,24). The van der Waals surface area contributed by atoms with Crippen LogP contribution in [0.5, 0.6) is 5.75 Å². The van der Waals surface area contributed by atoms with Gasteiger partial charge in [-0.3, -0.25) is 0 Å². The summed E-state index contributed by atoms with van der Waals surface area (Å²) in [4.78, 5) is 13.8. The number of benzene rings is 2. The van der Waals surface area contributed by atoms with E-state index in [4.69, 9.17) is 4.74 Å². The van der Waals surface area contributed by atoms with Gasteiger partial charge in [0.25, 0.3) is 0 Å². The van der Waals surface area contributed by atoms with Crippen molar-refractivity contribution in [3.8, 4) is 5.75 Å². The van der Waals surface area contributed by atoms with E-state index in [1.54, 1.807) is 24.1 Å². The molecule has 1 atom stereocenters. The van der Waals surface area contributed by atoms with Gasteiger partial charge in [-0.25, -0.2) is 9.18 Å². The van der Waals surface area contributed by atoms with Crippen LogP contribution >= 0.6 is 0 Å². The number of nitrogens with one attached hydrogen (secondary N) is 1. The van der Waals surface area contributed by atoms with Crippen molar-refractivity contribution in [1.29, 1.82) is 0 Å². The third kappa shape index (κ3) is 5.78. The Bertz CT molecular complexity index is 671. The second-order valence-corrected chi connectivity index (χ2v) is 5.99.